The minimum atomic E-state index is -0.478. The molecule has 0 spiro atoms. The Morgan fingerprint density at radius 3 is 2.30 bits per heavy atom. The second-order valence-corrected chi connectivity index (χ2v) is 3.81. The Kier molecular flexibility index (Phi) is 5.32. The predicted octanol–water partition coefficient (Wildman–Crippen LogP) is 2.96. The van der Waals surface area contributed by atoms with E-state index < -0.39 is 5.97 Å². The summed E-state index contributed by atoms with van der Waals surface area (Å²) in [5, 5.41) is 0. The van der Waals surface area contributed by atoms with Gasteiger partial charge in [-0.1, -0.05) is 13.8 Å². The van der Waals surface area contributed by atoms with Crippen LogP contribution in [-0.2, 0) is 4.74 Å². The summed E-state index contributed by atoms with van der Waals surface area (Å²) in [7, 11) is 2.85. The van der Waals surface area contributed by atoms with Gasteiger partial charge in [0.1, 0.15) is 5.75 Å². The number of Topliss-reactive ketones (excluding diaryl/α,β-unsaturated/α-hetero) is 1. The standard InChI is InChI=1S/C13H13NO4.C2H6/c1-8(15)11-7-10(13(16)18-3)12-6-9(17-2)4-5-14(11)12;1-2/h4-7H,1-3H3;1-2H3. The third-order valence-electron chi connectivity index (χ3n) is 2.74. The Balaban J connectivity index is 0.000000956. The molecule has 5 nitrogen and oxygen atoms in total. The summed E-state index contributed by atoms with van der Waals surface area (Å²) in [5.74, 6) is 0.0134. The van der Waals surface area contributed by atoms with Crippen molar-refractivity contribution < 1.29 is 19.1 Å². The van der Waals surface area contributed by atoms with Gasteiger partial charge in [-0.05, 0) is 12.1 Å². The molecule has 0 aliphatic rings. The fourth-order valence-corrected chi connectivity index (χ4v) is 1.85. The molecule has 0 bridgehead atoms. The van der Waals surface area contributed by atoms with Crippen LogP contribution in [0.1, 0.15) is 41.6 Å². The summed E-state index contributed by atoms with van der Waals surface area (Å²) < 4.78 is 11.5. The Morgan fingerprint density at radius 1 is 1.15 bits per heavy atom. The number of ketones is 1. The molecule has 2 heterocycles. The fourth-order valence-electron chi connectivity index (χ4n) is 1.85. The Labute approximate surface area is 118 Å². The lowest BCUT2D eigenvalue weighted by atomic mass is 10.2. The normalized spacial score (nSPS) is 9.65. The van der Waals surface area contributed by atoms with Gasteiger partial charge < -0.3 is 13.9 Å². The number of esters is 1. The van der Waals surface area contributed by atoms with E-state index in [1.807, 2.05) is 13.8 Å². The third-order valence-corrected chi connectivity index (χ3v) is 2.74. The number of carbonyl (C=O) groups excluding carboxylic acids is 2. The Hall–Kier alpha value is -2.30. The first kappa shape index (κ1) is 15.8. The molecule has 5 heteroatoms. The molecular weight excluding hydrogens is 258 g/mol. The van der Waals surface area contributed by atoms with E-state index in [1.54, 1.807) is 29.8 Å². The quantitative estimate of drug-likeness (QED) is 0.639. The van der Waals surface area contributed by atoms with Crippen LogP contribution in [0.4, 0.5) is 0 Å². The molecule has 20 heavy (non-hydrogen) atoms. The monoisotopic (exact) mass is 277 g/mol. The molecule has 0 unspecified atom stereocenters. The van der Waals surface area contributed by atoms with Crippen molar-refractivity contribution in [3.8, 4) is 5.75 Å². The number of carbonyl (C=O) groups is 2. The van der Waals surface area contributed by atoms with Gasteiger partial charge in [-0.2, -0.15) is 0 Å². The van der Waals surface area contributed by atoms with Crippen LogP contribution in [0.15, 0.2) is 24.4 Å². The van der Waals surface area contributed by atoms with E-state index in [0.29, 0.717) is 22.5 Å². The third kappa shape index (κ3) is 2.82. The first-order valence-corrected chi connectivity index (χ1v) is 6.37. The molecule has 108 valence electrons. The molecule has 0 saturated heterocycles. The molecule has 2 rings (SSSR count). The van der Waals surface area contributed by atoms with Gasteiger partial charge in [-0.15, -0.1) is 0 Å². The molecule has 0 aromatic carbocycles. The van der Waals surface area contributed by atoms with Crippen molar-refractivity contribution in [1.82, 2.24) is 4.40 Å². The molecule has 0 atom stereocenters. The number of aromatic nitrogens is 1. The zero-order chi connectivity index (χ0) is 15.3. The summed E-state index contributed by atoms with van der Waals surface area (Å²) in [6, 6.07) is 4.95. The second-order valence-electron chi connectivity index (χ2n) is 3.81. The lowest BCUT2D eigenvalue weighted by Crippen LogP contribution is -2.00. The molecular formula is C15H19NO4. The predicted molar refractivity (Wildman–Crippen MR) is 76.6 cm³/mol. The van der Waals surface area contributed by atoms with E-state index in [0.717, 1.165) is 0 Å². The van der Waals surface area contributed by atoms with Crippen LogP contribution in [0.3, 0.4) is 0 Å². The second kappa shape index (κ2) is 6.75. The van der Waals surface area contributed by atoms with Crippen molar-refractivity contribution in [2.24, 2.45) is 0 Å². The Morgan fingerprint density at radius 2 is 1.80 bits per heavy atom. The number of hydrogen-bond donors (Lipinski definition) is 0. The van der Waals surface area contributed by atoms with Crippen LogP contribution < -0.4 is 4.74 Å². The largest absolute Gasteiger partial charge is 0.497 e. The van der Waals surface area contributed by atoms with Crippen LogP contribution in [-0.4, -0.2) is 30.4 Å². The van der Waals surface area contributed by atoms with E-state index in [4.69, 9.17) is 9.47 Å². The van der Waals surface area contributed by atoms with Gasteiger partial charge in [0.2, 0.25) is 0 Å². The van der Waals surface area contributed by atoms with Crippen molar-refractivity contribution in [3.05, 3.63) is 35.7 Å². The highest BCUT2D eigenvalue weighted by Gasteiger charge is 2.18. The molecule has 0 saturated carbocycles. The summed E-state index contributed by atoms with van der Waals surface area (Å²) in [4.78, 5) is 23.2. The minimum absolute atomic E-state index is 0.120. The maximum Gasteiger partial charge on any atom is 0.340 e. The van der Waals surface area contributed by atoms with Crippen LogP contribution in [0, 0.1) is 0 Å². The topological polar surface area (TPSA) is 57.0 Å². The first-order valence-electron chi connectivity index (χ1n) is 6.37. The van der Waals surface area contributed by atoms with Gasteiger partial charge in [0.05, 0.1) is 31.0 Å². The van der Waals surface area contributed by atoms with E-state index in [9.17, 15) is 9.59 Å². The highest BCUT2D eigenvalue weighted by Crippen LogP contribution is 2.23. The number of pyridine rings is 1. The van der Waals surface area contributed by atoms with Gasteiger partial charge in [0.15, 0.2) is 5.78 Å². The molecule has 0 fully saturated rings. The van der Waals surface area contributed by atoms with E-state index >= 15 is 0 Å². The maximum atomic E-state index is 11.7. The van der Waals surface area contributed by atoms with Crippen LogP contribution in [0.5, 0.6) is 5.75 Å². The molecule has 0 radical (unpaired) electrons. The van der Waals surface area contributed by atoms with Crippen molar-refractivity contribution in [2.75, 3.05) is 14.2 Å². The number of ether oxygens (including phenoxy) is 2. The Bertz CT molecular complexity index is 628. The average Bonchev–Trinajstić information content (AvgIpc) is 2.87. The van der Waals surface area contributed by atoms with E-state index in [1.165, 1.54) is 20.1 Å². The molecule has 2 aromatic heterocycles. The van der Waals surface area contributed by atoms with E-state index in [-0.39, 0.29) is 5.78 Å². The van der Waals surface area contributed by atoms with Crippen LogP contribution in [0.25, 0.3) is 5.52 Å². The molecule has 0 N–H and O–H groups in total. The highest BCUT2D eigenvalue weighted by atomic mass is 16.5. The number of methoxy groups -OCH3 is 2. The molecule has 0 aliphatic carbocycles. The summed E-state index contributed by atoms with van der Waals surface area (Å²) in [5.41, 5.74) is 1.38. The van der Waals surface area contributed by atoms with Crippen LogP contribution in [0.2, 0.25) is 0 Å². The minimum Gasteiger partial charge on any atom is -0.497 e. The molecule has 2 aromatic rings. The number of nitrogens with zero attached hydrogens (tertiary/aromatic N) is 1. The zero-order valence-corrected chi connectivity index (χ0v) is 12.4. The number of fused-ring (bicyclic) bond motifs is 1. The van der Waals surface area contributed by atoms with Crippen LogP contribution >= 0.6 is 0 Å². The van der Waals surface area contributed by atoms with Gasteiger partial charge in [0.25, 0.3) is 0 Å². The fraction of sp³-hybridized carbons (Fsp3) is 0.333. The SMILES string of the molecule is CC.COC(=O)c1cc(C(C)=O)n2ccc(OC)cc12. The van der Waals surface area contributed by atoms with Crippen molar-refractivity contribution in [1.29, 1.82) is 0 Å². The molecule has 0 aliphatic heterocycles. The highest BCUT2D eigenvalue weighted by molar-refractivity contribution is 6.03. The average molecular weight is 277 g/mol. The zero-order valence-electron chi connectivity index (χ0n) is 12.4. The number of rotatable bonds is 3. The summed E-state index contributed by atoms with van der Waals surface area (Å²) >= 11 is 0. The van der Waals surface area contributed by atoms with Gasteiger partial charge in [-0.25, -0.2) is 4.79 Å². The van der Waals surface area contributed by atoms with Gasteiger partial charge in [-0.3, -0.25) is 4.79 Å². The van der Waals surface area contributed by atoms with Crippen molar-refractivity contribution in [3.63, 3.8) is 0 Å². The lowest BCUT2D eigenvalue weighted by molar-refractivity contribution is 0.0603. The van der Waals surface area contributed by atoms with Gasteiger partial charge >= 0.3 is 5.97 Å². The summed E-state index contributed by atoms with van der Waals surface area (Å²) in [6.07, 6.45) is 1.69. The smallest absolute Gasteiger partial charge is 0.340 e. The maximum absolute atomic E-state index is 11.7. The van der Waals surface area contributed by atoms with E-state index in [2.05, 4.69) is 0 Å². The van der Waals surface area contributed by atoms with Crippen molar-refractivity contribution >= 4 is 17.3 Å². The summed E-state index contributed by atoms with van der Waals surface area (Å²) in [6.45, 7) is 5.45. The lowest BCUT2D eigenvalue weighted by Gasteiger charge is -2.03. The first-order chi connectivity index (χ1) is 9.58. The van der Waals surface area contributed by atoms with Gasteiger partial charge in [0, 0.05) is 19.2 Å². The molecule has 0 amide bonds. The number of hydrogen-bond acceptors (Lipinski definition) is 4. The van der Waals surface area contributed by atoms with Crippen molar-refractivity contribution in [2.45, 2.75) is 20.8 Å².